The van der Waals surface area contributed by atoms with E-state index in [1.165, 1.54) is 29.4 Å². The fourth-order valence-corrected chi connectivity index (χ4v) is 3.79. The van der Waals surface area contributed by atoms with Crippen molar-refractivity contribution in [3.63, 3.8) is 0 Å². The highest BCUT2D eigenvalue weighted by Crippen LogP contribution is 2.31. The highest BCUT2D eigenvalue weighted by atomic mass is 35.5. The monoisotopic (exact) mass is 436 g/mol. The number of rotatable bonds is 3. The molecule has 0 spiro atoms. The Morgan fingerprint density at radius 1 is 1.43 bits per heavy atom. The van der Waals surface area contributed by atoms with E-state index in [1.54, 1.807) is 32.9 Å². The van der Waals surface area contributed by atoms with E-state index in [2.05, 4.69) is 15.6 Å². The molecule has 0 radical (unpaired) electrons. The van der Waals surface area contributed by atoms with Gasteiger partial charge in [-0.25, -0.2) is 4.79 Å². The molecule has 0 bridgehead atoms. The van der Waals surface area contributed by atoms with Gasteiger partial charge >= 0.3 is 6.09 Å². The molecule has 9 heteroatoms. The van der Waals surface area contributed by atoms with Crippen LogP contribution in [0, 0.1) is 5.92 Å². The van der Waals surface area contributed by atoms with Gasteiger partial charge in [0.15, 0.2) is 11.6 Å². The van der Waals surface area contributed by atoms with Crippen LogP contribution in [0.2, 0.25) is 5.02 Å². The van der Waals surface area contributed by atoms with E-state index < -0.39 is 29.2 Å². The first kappa shape index (κ1) is 22.1. The first-order valence-electron chi connectivity index (χ1n) is 9.83. The van der Waals surface area contributed by atoms with Crippen LogP contribution in [0.1, 0.15) is 39.2 Å². The van der Waals surface area contributed by atoms with Crippen LogP contribution in [0.5, 0.6) is 0 Å². The molecule has 2 N–H and O–H groups in total. The van der Waals surface area contributed by atoms with Crippen molar-refractivity contribution in [1.29, 1.82) is 0 Å². The number of likely N-dealkylation sites (tertiary alicyclic amines) is 1. The number of nitrogens with zero attached hydrogens (tertiary/aromatic N) is 2. The highest BCUT2D eigenvalue weighted by Gasteiger charge is 2.39. The average molecular weight is 437 g/mol. The van der Waals surface area contributed by atoms with Crippen molar-refractivity contribution in [2.45, 2.75) is 44.9 Å². The van der Waals surface area contributed by atoms with Crippen LogP contribution < -0.4 is 10.6 Å². The Morgan fingerprint density at radius 3 is 2.87 bits per heavy atom. The first-order valence-corrected chi connectivity index (χ1v) is 10.2. The standard InChI is InChI=1S/C21H26ClFN4O3/c1-20(2,3)30-19(29)27-11-5-6-14(13-27)18(28)26-21(9-4-7-17(23)25-21)15-8-10-24-12-16(15)22/h4,7-10,12,14,25H,5-6,11,13H2,1-3H3,(H,26,28)/t14-,21?/m1/s1. The Bertz CT molecular complexity index is 883. The molecule has 2 aliphatic heterocycles. The lowest BCUT2D eigenvalue weighted by Crippen LogP contribution is -2.58. The van der Waals surface area contributed by atoms with E-state index >= 15 is 0 Å². The van der Waals surface area contributed by atoms with E-state index in [-0.39, 0.29) is 17.5 Å². The number of pyridine rings is 1. The summed E-state index contributed by atoms with van der Waals surface area (Å²) in [6.45, 7) is 6.14. The summed E-state index contributed by atoms with van der Waals surface area (Å²) in [4.78, 5) is 31.1. The fourth-order valence-electron chi connectivity index (χ4n) is 3.52. The number of piperidine rings is 1. The third kappa shape index (κ3) is 5.11. The number of hydrogen-bond acceptors (Lipinski definition) is 5. The number of dihydropyridines is 1. The SMILES string of the molecule is CC(C)(C)OC(=O)N1CCC[C@@H](C(=O)NC2(c3ccncc3Cl)C=CC=C(F)N2)C1. The smallest absolute Gasteiger partial charge is 0.410 e. The van der Waals surface area contributed by atoms with Gasteiger partial charge in [-0.2, -0.15) is 4.39 Å². The van der Waals surface area contributed by atoms with Crippen LogP contribution in [0.25, 0.3) is 0 Å². The molecule has 30 heavy (non-hydrogen) atoms. The zero-order valence-corrected chi connectivity index (χ0v) is 18.0. The molecule has 0 aromatic carbocycles. The maximum atomic E-state index is 14.1. The number of nitrogens with one attached hydrogen (secondary N) is 2. The summed E-state index contributed by atoms with van der Waals surface area (Å²) in [5.74, 6) is -1.39. The molecule has 1 aromatic heterocycles. The van der Waals surface area contributed by atoms with Gasteiger partial charge in [-0.1, -0.05) is 17.7 Å². The second-order valence-electron chi connectivity index (χ2n) is 8.42. The lowest BCUT2D eigenvalue weighted by atomic mass is 9.93. The van der Waals surface area contributed by atoms with Gasteiger partial charge in [0.25, 0.3) is 0 Å². The molecule has 3 rings (SSSR count). The number of aromatic nitrogens is 1. The van der Waals surface area contributed by atoms with Crippen LogP contribution in [0.3, 0.4) is 0 Å². The lowest BCUT2D eigenvalue weighted by molar-refractivity contribution is -0.128. The maximum absolute atomic E-state index is 14.1. The predicted molar refractivity (Wildman–Crippen MR) is 111 cm³/mol. The molecule has 2 atom stereocenters. The number of ether oxygens (including phenoxy) is 1. The van der Waals surface area contributed by atoms with Crippen molar-refractivity contribution in [1.82, 2.24) is 20.5 Å². The molecule has 162 valence electrons. The van der Waals surface area contributed by atoms with Crippen LogP contribution in [-0.4, -0.2) is 40.6 Å². The number of halogens is 2. The second-order valence-corrected chi connectivity index (χ2v) is 8.82. The van der Waals surface area contributed by atoms with Crippen molar-refractivity contribution in [3.8, 4) is 0 Å². The van der Waals surface area contributed by atoms with E-state index in [4.69, 9.17) is 16.3 Å². The normalized spacial score (nSPS) is 24.0. The Hall–Kier alpha value is -2.61. The summed E-state index contributed by atoms with van der Waals surface area (Å²) in [7, 11) is 0. The van der Waals surface area contributed by atoms with Gasteiger partial charge in [0.1, 0.15) is 5.60 Å². The molecule has 0 saturated carbocycles. The quantitative estimate of drug-likeness (QED) is 0.707. The third-order valence-corrected chi connectivity index (χ3v) is 5.17. The summed E-state index contributed by atoms with van der Waals surface area (Å²) in [5, 5.41) is 5.85. The van der Waals surface area contributed by atoms with Gasteiger partial charge < -0.3 is 20.3 Å². The lowest BCUT2D eigenvalue weighted by Gasteiger charge is -2.38. The van der Waals surface area contributed by atoms with Crippen molar-refractivity contribution in [3.05, 3.63) is 53.2 Å². The average Bonchev–Trinajstić information content (AvgIpc) is 2.67. The van der Waals surface area contributed by atoms with Gasteiger partial charge in [0.2, 0.25) is 5.91 Å². The first-order chi connectivity index (χ1) is 14.1. The topological polar surface area (TPSA) is 83.6 Å². The molecule has 2 amide bonds. The van der Waals surface area contributed by atoms with E-state index in [0.717, 1.165) is 0 Å². The Balaban J connectivity index is 1.78. The van der Waals surface area contributed by atoms with Crippen LogP contribution in [0.4, 0.5) is 9.18 Å². The Kier molecular flexibility index (Phi) is 6.36. The number of allylic oxidation sites excluding steroid dienone is 2. The van der Waals surface area contributed by atoms with E-state index in [1.807, 2.05) is 0 Å². The molecule has 1 saturated heterocycles. The van der Waals surface area contributed by atoms with Gasteiger partial charge in [-0.3, -0.25) is 9.78 Å². The molecule has 1 fully saturated rings. The number of carbonyl (C=O) groups is 2. The molecular formula is C21H26ClFN4O3. The molecule has 1 unspecified atom stereocenters. The van der Waals surface area contributed by atoms with Crippen LogP contribution in [-0.2, 0) is 15.2 Å². The highest BCUT2D eigenvalue weighted by molar-refractivity contribution is 6.31. The summed E-state index contributed by atoms with van der Waals surface area (Å²) in [6.07, 6.45) is 8.17. The van der Waals surface area contributed by atoms with Gasteiger partial charge in [-0.05, 0) is 51.8 Å². The van der Waals surface area contributed by atoms with Crippen molar-refractivity contribution >= 4 is 23.6 Å². The molecule has 7 nitrogen and oxygen atoms in total. The fraction of sp³-hybridized carbons (Fsp3) is 0.476. The Labute approximate surface area is 180 Å². The van der Waals surface area contributed by atoms with Crippen molar-refractivity contribution in [2.24, 2.45) is 5.92 Å². The Morgan fingerprint density at radius 2 is 2.20 bits per heavy atom. The minimum Gasteiger partial charge on any atom is -0.444 e. The molecule has 1 aromatic rings. The molecule has 3 heterocycles. The maximum Gasteiger partial charge on any atom is 0.410 e. The zero-order valence-electron chi connectivity index (χ0n) is 17.2. The number of hydrogen-bond donors (Lipinski definition) is 2. The van der Waals surface area contributed by atoms with Gasteiger partial charge in [0.05, 0.1) is 10.9 Å². The number of amides is 2. The van der Waals surface area contributed by atoms with Gasteiger partial charge in [0, 0.05) is 31.0 Å². The molecule has 0 aliphatic carbocycles. The van der Waals surface area contributed by atoms with Gasteiger partial charge in [-0.15, -0.1) is 0 Å². The predicted octanol–water partition coefficient (Wildman–Crippen LogP) is 3.62. The van der Waals surface area contributed by atoms with Crippen molar-refractivity contribution < 1.29 is 18.7 Å². The second kappa shape index (κ2) is 8.63. The summed E-state index contributed by atoms with van der Waals surface area (Å²) in [5.41, 5.74) is -1.51. The third-order valence-electron chi connectivity index (χ3n) is 4.87. The van der Waals surface area contributed by atoms with E-state index in [0.29, 0.717) is 24.9 Å². The molecule has 2 aliphatic rings. The van der Waals surface area contributed by atoms with Crippen molar-refractivity contribution in [2.75, 3.05) is 13.1 Å². The minimum atomic E-state index is -1.36. The van der Waals surface area contributed by atoms with Crippen LogP contribution >= 0.6 is 11.6 Å². The van der Waals surface area contributed by atoms with E-state index in [9.17, 15) is 14.0 Å². The summed E-state index contributed by atoms with van der Waals surface area (Å²) < 4.78 is 19.6. The minimum absolute atomic E-state index is 0.225. The summed E-state index contributed by atoms with van der Waals surface area (Å²) in [6, 6.07) is 1.62. The zero-order chi connectivity index (χ0) is 21.9. The number of carbonyl (C=O) groups excluding carboxylic acids is 2. The van der Waals surface area contributed by atoms with Crippen LogP contribution in [0.15, 0.2) is 42.6 Å². The molecular weight excluding hydrogens is 411 g/mol. The summed E-state index contributed by atoms with van der Waals surface area (Å²) >= 11 is 6.29. The largest absolute Gasteiger partial charge is 0.444 e.